The van der Waals surface area contributed by atoms with E-state index >= 15 is 0 Å². The Balaban J connectivity index is 2.03. The van der Waals surface area contributed by atoms with Crippen molar-refractivity contribution in [1.82, 2.24) is 0 Å². The van der Waals surface area contributed by atoms with Crippen molar-refractivity contribution in [2.24, 2.45) is 22.7 Å². The highest BCUT2D eigenvalue weighted by atomic mass is 16.5. The van der Waals surface area contributed by atoms with E-state index in [2.05, 4.69) is 34.6 Å². The normalized spacial score (nSPS) is 38.7. The summed E-state index contributed by atoms with van der Waals surface area (Å²) in [6.07, 6.45) is 4.30. The minimum absolute atomic E-state index is 0.00502. The first-order chi connectivity index (χ1) is 7.77. The Kier molecular flexibility index (Phi) is 3.04. The molecule has 0 aromatic heterocycles. The monoisotopic (exact) mass is 238 g/mol. The number of hydrogen-bond donors (Lipinski definition) is 0. The molecule has 2 saturated carbocycles. The molecular formula is C15H26O2. The second-order valence-corrected chi connectivity index (χ2v) is 7.19. The fourth-order valence-corrected chi connectivity index (χ4v) is 3.85. The Morgan fingerprint density at radius 1 is 1.35 bits per heavy atom. The lowest BCUT2D eigenvalue weighted by Crippen LogP contribution is -2.38. The zero-order valence-corrected chi connectivity index (χ0v) is 11.9. The molecule has 2 aliphatic rings. The third kappa shape index (κ3) is 1.90. The predicted octanol–water partition coefficient (Wildman–Crippen LogP) is 3.79. The van der Waals surface area contributed by atoms with Crippen LogP contribution in [0.3, 0.4) is 0 Å². The summed E-state index contributed by atoms with van der Waals surface area (Å²) < 4.78 is 5.76. The van der Waals surface area contributed by atoms with Crippen LogP contribution in [-0.2, 0) is 9.53 Å². The summed E-state index contributed by atoms with van der Waals surface area (Å²) >= 11 is 0. The third-order valence-corrected chi connectivity index (χ3v) is 5.56. The first kappa shape index (κ1) is 12.9. The summed E-state index contributed by atoms with van der Waals surface area (Å²) in [5.74, 6) is 1.13. The number of ether oxygens (including phenoxy) is 1. The van der Waals surface area contributed by atoms with Crippen LogP contribution in [0.25, 0.3) is 0 Å². The summed E-state index contributed by atoms with van der Waals surface area (Å²) in [6, 6.07) is 0. The maximum absolute atomic E-state index is 11.8. The minimum atomic E-state index is -0.00502. The highest BCUT2D eigenvalue weighted by Gasteiger charge is 2.62. The van der Waals surface area contributed by atoms with Gasteiger partial charge in [-0.1, -0.05) is 34.6 Å². The lowest BCUT2D eigenvalue weighted by molar-refractivity contribution is -0.157. The standard InChI is InChI=1S/C15H26O2/c1-10(2)8-13(16)17-12-9-11-6-7-15(12,5)14(11,3)4/h10-12H,6-9H2,1-5H3/t11-,12-,15+/m0/s1. The van der Waals surface area contributed by atoms with E-state index in [0.717, 1.165) is 12.3 Å². The second-order valence-electron chi connectivity index (χ2n) is 7.19. The van der Waals surface area contributed by atoms with Crippen molar-refractivity contribution >= 4 is 5.97 Å². The molecule has 0 aromatic rings. The highest BCUT2D eigenvalue weighted by molar-refractivity contribution is 5.70. The van der Waals surface area contributed by atoms with Crippen molar-refractivity contribution in [3.8, 4) is 0 Å². The SMILES string of the molecule is CC(C)CC(=O)O[C@H]1C[C@@H]2CC[C@@]1(C)C2(C)C. The Bertz CT molecular complexity index is 319. The van der Waals surface area contributed by atoms with Crippen LogP contribution >= 0.6 is 0 Å². The van der Waals surface area contributed by atoms with Crippen LogP contribution < -0.4 is 0 Å². The van der Waals surface area contributed by atoms with Crippen molar-refractivity contribution < 1.29 is 9.53 Å². The molecule has 0 saturated heterocycles. The molecule has 2 heteroatoms. The van der Waals surface area contributed by atoms with E-state index < -0.39 is 0 Å². The number of hydrogen-bond acceptors (Lipinski definition) is 2. The molecule has 17 heavy (non-hydrogen) atoms. The van der Waals surface area contributed by atoms with Gasteiger partial charge in [0.05, 0.1) is 0 Å². The number of carbonyl (C=O) groups excluding carboxylic acids is 1. The van der Waals surface area contributed by atoms with E-state index in [1.807, 2.05) is 0 Å². The maximum Gasteiger partial charge on any atom is 0.306 e. The Hall–Kier alpha value is -0.530. The molecule has 0 aromatic carbocycles. The second kappa shape index (κ2) is 4.00. The Morgan fingerprint density at radius 2 is 2.00 bits per heavy atom. The van der Waals surface area contributed by atoms with Crippen molar-refractivity contribution in [3.05, 3.63) is 0 Å². The van der Waals surface area contributed by atoms with Gasteiger partial charge in [-0.25, -0.2) is 0 Å². The van der Waals surface area contributed by atoms with Gasteiger partial charge in [-0.3, -0.25) is 4.79 Å². The molecular weight excluding hydrogens is 212 g/mol. The molecule has 2 bridgehead atoms. The van der Waals surface area contributed by atoms with E-state index in [1.165, 1.54) is 12.8 Å². The van der Waals surface area contributed by atoms with Gasteiger partial charge in [0.2, 0.25) is 0 Å². The molecule has 0 N–H and O–H groups in total. The van der Waals surface area contributed by atoms with Crippen molar-refractivity contribution in [1.29, 1.82) is 0 Å². The zero-order valence-electron chi connectivity index (χ0n) is 11.9. The van der Waals surface area contributed by atoms with Crippen LogP contribution in [0.1, 0.15) is 60.3 Å². The van der Waals surface area contributed by atoms with Crippen molar-refractivity contribution in [2.45, 2.75) is 66.4 Å². The average molecular weight is 238 g/mol. The van der Waals surface area contributed by atoms with E-state index in [1.54, 1.807) is 0 Å². The van der Waals surface area contributed by atoms with Crippen LogP contribution in [0.2, 0.25) is 0 Å². The van der Waals surface area contributed by atoms with Crippen molar-refractivity contribution in [2.75, 3.05) is 0 Å². The molecule has 0 spiro atoms. The molecule has 0 unspecified atom stereocenters. The summed E-state index contributed by atoms with van der Waals surface area (Å²) in [6.45, 7) is 11.1. The van der Waals surface area contributed by atoms with Gasteiger partial charge in [0.1, 0.15) is 6.10 Å². The summed E-state index contributed by atoms with van der Waals surface area (Å²) in [7, 11) is 0. The van der Waals surface area contributed by atoms with Gasteiger partial charge in [-0.05, 0) is 36.5 Å². The van der Waals surface area contributed by atoms with E-state index in [4.69, 9.17) is 4.74 Å². The van der Waals surface area contributed by atoms with E-state index in [-0.39, 0.29) is 17.5 Å². The first-order valence-corrected chi connectivity index (χ1v) is 6.97. The molecule has 2 aliphatic carbocycles. The van der Waals surface area contributed by atoms with Crippen LogP contribution in [0.5, 0.6) is 0 Å². The number of fused-ring (bicyclic) bond motifs is 2. The molecule has 0 amide bonds. The molecule has 3 atom stereocenters. The minimum Gasteiger partial charge on any atom is -0.462 e. The van der Waals surface area contributed by atoms with Crippen LogP contribution in [0, 0.1) is 22.7 Å². The summed E-state index contributed by atoms with van der Waals surface area (Å²) in [5, 5.41) is 0. The smallest absolute Gasteiger partial charge is 0.306 e. The van der Waals surface area contributed by atoms with E-state index in [0.29, 0.717) is 17.8 Å². The lowest BCUT2D eigenvalue weighted by Gasteiger charge is -2.38. The third-order valence-electron chi connectivity index (χ3n) is 5.56. The van der Waals surface area contributed by atoms with Crippen LogP contribution in [0.4, 0.5) is 0 Å². The Labute approximate surface area is 105 Å². The molecule has 98 valence electrons. The van der Waals surface area contributed by atoms with Gasteiger partial charge in [-0.15, -0.1) is 0 Å². The summed E-state index contributed by atoms with van der Waals surface area (Å²) in [4.78, 5) is 11.8. The van der Waals surface area contributed by atoms with Gasteiger partial charge in [0, 0.05) is 11.8 Å². The average Bonchev–Trinajstić information content (AvgIpc) is 2.49. The van der Waals surface area contributed by atoms with Gasteiger partial charge in [0.15, 0.2) is 0 Å². The molecule has 2 nitrogen and oxygen atoms in total. The van der Waals surface area contributed by atoms with Gasteiger partial charge >= 0.3 is 5.97 Å². The first-order valence-electron chi connectivity index (χ1n) is 6.97. The molecule has 0 aliphatic heterocycles. The zero-order chi connectivity index (χ0) is 12.8. The number of esters is 1. The number of carbonyl (C=O) groups is 1. The number of rotatable bonds is 3. The largest absolute Gasteiger partial charge is 0.462 e. The molecule has 0 heterocycles. The molecule has 0 radical (unpaired) electrons. The van der Waals surface area contributed by atoms with Crippen molar-refractivity contribution in [3.63, 3.8) is 0 Å². The lowest BCUT2D eigenvalue weighted by atomic mass is 9.70. The van der Waals surface area contributed by atoms with Crippen LogP contribution in [0.15, 0.2) is 0 Å². The highest BCUT2D eigenvalue weighted by Crippen LogP contribution is 2.66. The summed E-state index contributed by atoms with van der Waals surface area (Å²) in [5.41, 5.74) is 0.528. The predicted molar refractivity (Wildman–Crippen MR) is 68.6 cm³/mol. The Morgan fingerprint density at radius 3 is 2.41 bits per heavy atom. The quantitative estimate of drug-likeness (QED) is 0.699. The van der Waals surface area contributed by atoms with Gasteiger partial charge in [-0.2, -0.15) is 0 Å². The fourth-order valence-electron chi connectivity index (χ4n) is 3.85. The fraction of sp³-hybridized carbons (Fsp3) is 0.933. The molecule has 2 rings (SSSR count). The van der Waals surface area contributed by atoms with Gasteiger partial charge in [0.25, 0.3) is 0 Å². The van der Waals surface area contributed by atoms with Gasteiger partial charge < -0.3 is 4.74 Å². The van der Waals surface area contributed by atoms with E-state index in [9.17, 15) is 4.79 Å². The van der Waals surface area contributed by atoms with Crippen LogP contribution in [-0.4, -0.2) is 12.1 Å². The topological polar surface area (TPSA) is 26.3 Å². The maximum atomic E-state index is 11.8. The molecule has 2 fully saturated rings.